The number of nitrogens with zero attached hydrogens (tertiary/aromatic N) is 1. The summed E-state index contributed by atoms with van der Waals surface area (Å²) in [5.74, 6) is 0.103. The molecule has 1 aromatic rings. The van der Waals surface area contributed by atoms with Gasteiger partial charge in [-0.15, -0.1) is 0 Å². The van der Waals surface area contributed by atoms with Crippen molar-refractivity contribution in [2.75, 3.05) is 13.1 Å². The minimum atomic E-state index is 0.103. The molecule has 0 aliphatic heterocycles. The highest BCUT2D eigenvalue weighted by Gasteiger charge is 2.13. The van der Waals surface area contributed by atoms with Crippen molar-refractivity contribution in [1.29, 1.82) is 0 Å². The first-order valence-corrected chi connectivity index (χ1v) is 6.78. The zero-order valence-corrected chi connectivity index (χ0v) is 11.6. The van der Waals surface area contributed by atoms with Gasteiger partial charge in [-0.25, -0.2) is 0 Å². The van der Waals surface area contributed by atoms with Crippen LogP contribution in [0.1, 0.15) is 31.7 Å². The number of benzene rings is 1. The van der Waals surface area contributed by atoms with Gasteiger partial charge in [0.05, 0.1) is 0 Å². The maximum atomic E-state index is 12.0. The fraction of sp³-hybridized carbons (Fsp3) is 0.500. The van der Waals surface area contributed by atoms with Gasteiger partial charge < -0.3 is 10.6 Å². The lowest BCUT2D eigenvalue weighted by Gasteiger charge is -2.23. The molecule has 2 N–H and O–H groups in total. The number of nitrogens with two attached hydrogens (primary N) is 1. The lowest BCUT2D eigenvalue weighted by atomic mass is 10.2. The van der Waals surface area contributed by atoms with E-state index in [2.05, 4.69) is 6.92 Å². The molecule has 0 bridgehead atoms. The standard InChI is InChI=1S/C14H21ClN2O/c1-2-3-10-17(14(18)8-9-16)11-12-6-4-5-7-13(12)15/h4-7H,2-3,8-11,16H2,1H3. The first-order chi connectivity index (χ1) is 8.69. The Bertz CT molecular complexity index is 382. The van der Waals surface area contributed by atoms with Crippen molar-refractivity contribution in [3.05, 3.63) is 34.9 Å². The lowest BCUT2D eigenvalue weighted by molar-refractivity contribution is -0.131. The van der Waals surface area contributed by atoms with E-state index < -0.39 is 0 Å². The molecule has 3 nitrogen and oxygen atoms in total. The third-order valence-corrected chi connectivity index (χ3v) is 3.18. The highest BCUT2D eigenvalue weighted by atomic mass is 35.5. The molecule has 1 amide bonds. The van der Waals surface area contributed by atoms with Gasteiger partial charge in [-0.05, 0) is 18.1 Å². The molecule has 1 rings (SSSR count). The van der Waals surface area contributed by atoms with Gasteiger partial charge in [0.15, 0.2) is 0 Å². The number of amides is 1. The van der Waals surface area contributed by atoms with Crippen LogP contribution in [0.2, 0.25) is 5.02 Å². The van der Waals surface area contributed by atoms with Gasteiger partial charge in [0.1, 0.15) is 0 Å². The van der Waals surface area contributed by atoms with E-state index >= 15 is 0 Å². The van der Waals surface area contributed by atoms with Crippen LogP contribution in [0.4, 0.5) is 0 Å². The molecule has 0 spiro atoms. The van der Waals surface area contributed by atoms with E-state index in [1.807, 2.05) is 29.2 Å². The maximum Gasteiger partial charge on any atom is 0.224 e. The molecule has 18 heavy (non-hydrogen) atoms. The summed E-state index contributed by atoms with van der Waals surface area (Å²) in [6.45, 7) is 3.84. The normalized spacial score (nSPS) is 10.4. The van der Waals surface area contributed by atoms with E-state index in [-0.39, 0.29) is 5.91 Å². The molecule has 0 radical (unpaired) electrons. The van der Waals surface area contributed by atoms with Crippen molar-refractivity contribution in [1.82, 2.24) is 4.90 Å². The Kier molecular flexibility index (Phi) is 6.76. The molecule has 4 heteroatoms. The predicted octanol–water partition coefficient (Wildman–Crippen LogP) is 2.82. The van der Waals surface area contributed by atoms with Crippen molar-refractivity contribution in [3.63, 3.8) is 0 Å². The van der Waals surface area contributed by atoms with Crippen LogP contribution >= 0.6 is 11.6 Å². The van der Waals surface area contributed by atoms with Crippen LogP contribution in [-0.4, -0.2) is 23.9 Å². The second kappa shape index (κ2) is 8.11. The van der Waals surface area contributed by atoms with Crippen LogP contribution in [0, 0.1) is 0 Å². The zero-order valence-electron chi connectivity index (χ0n) is 10.9. The molecular formula is C14H21ClN2O. The Balaban J connectivity index is 2.71. The minimum absolute atomic E-state index is 0.103. The van der Waals surface area contributed by atoms with Crippen LogP contribution in [0.3, 0.4) is 0 Å². The van der Waals surface area contributed by atoms with Gasteiger partial charge in [-0.1, -0.05) is 43.1 Å². The highest BCUT2D eigenvalue weighted by molar-refractivity contribution is 6.31. The fourth-order valence-electron chi connectivity index (χ4n) is 1.75. The molecule has 0 heterocycles. The first-order valence-electron chi connectivity index (χ1n) is 6.40. The number of carbonyl (C=O) groups is 1. The summed E-state index contributed by atoms with van der Waals surface area (Å²) in [5, 5.41) is 0.708. The van der Waals surface area contributed by atoms with Crippen molar-refractivity contribution < 1.29 is 4.79 Å². The van der Waals surface area contributed by atoms with Crippen molar-refractivity contribution in [2.24, 2.45) is 5.73 Å². The van der Waals surface area contributed by atoms with E-state index in [1.165, 1.54) is 0 Å². The summed E-state index contributed by atoms with van der Waals surface area (Å²) in [6, 6.07) is 7.63. The summed E-state index contributed by atoms with van der Waals surface area (Å²) in [6.07, 6.45) is 2.46. The quantitative estimate of drug-likeness (QED) is 0.827. The molecule has 0 aliphatic rings. The molecule has 1 aromatic carbocycles. The van der Waals surface area contributed by atoms with E-state index in [9.17, 15) is 4.79 Å². The average molecular weight is 269 g/mol. The summed E-state index contributed by atoms with van der Waals surface area (Å²) in [5.41, 5.74) is 6.43. The molecule has 0 fully saturated rings. The van der Waals surface area contributed by atoms with Crippen LogP contribution in [-0.2, 0) is 11.3 Å². The number of unbranched alkanes of at least 4 members (excludes halogenated alkanes) is 1. The Hall–Kier alpha value is -1.06. The summed E-state index contributed by atoms with van der Waals surface area (Å²) < 4.78 is 0. The Morgan fingerprint density at radius 3 is 2.72 bits per heavy atom. The summed E-state index contributed by atoms with van der Waals surface area (Å²) in [4.78, 5) is 13.8. The maximum absolute atomic E-state index is 12.0. The third-order valence-electron chi connectivity index (χ3n) is 2.81. The lowest BCUT2D eigenvalue weighted by Crippen LogP contribution is -2.32. The molecule has 100 valence electrons. The summed E-state index contributed by atoms with van der Waals surface area (Å²) in [7, 11) is 0. The minimum Gasteiger partial charge on any atom is -0.338 e. The average Bonchev–Trinajstić information content (AvgIpc) is 2.36. The molecule has 0 atom stereocenters. The Morgan fingerprint density at radius 1 is 1.39 bits per heavy atom. The van der Waals surface area contributed by atoms with Gasteiger partial charge in [0, 0.05) is 31.1 Å². The van der Waals surface area contributed by atoms with Gasteiger partial charge in [-0.3, -0.25) is 4.79 Å². The third kappa shape index (κ3) is 4.67. The van der Waals surface area contributed by atoms with Crippen LogP contribution in [0.25, 0.3) is 0 Å². The van der Waals surface area contributed by atoms with Crippen LogP contribution in [0.5, 0.6) is 0 Å². The molecule has 0 saturated carbocycles. The molecular weight excluding hydrogens is 248 g/mol. The Labute approximate surface area is 114 Å². The largest absolute Gasteiger partial charge is 0.338 e. The smallest absolute Gasteiger partial charge is 0.224 e. The number of halogens is 1. The predicted molar refractivity (Wildman–Crippen MR) is 75.4 cm³/mol. The molecule has 0 saturated heterocycles. The van der Waals surface area contributed by atoms with Crippen molar-refractivity contribution in [2.45, 2.75) is 32.7 Å². The van der Waals surface area contributed by atoms with E-state index in [0.717, 1.165) is 24.9 Å². The zero-order chi connectivity index (χ0) is 13.4. The topological polar surface area (TPSA) is 46.3 Å². The van der Waals surface area contributed by atoms with Gasteiger partial charge >= 0.3 is 0 Å². The number of hydrogen-bond donors (Lipinski definition) is 1. The van der Waals surface area contributed by atoms with Gasteiger partial charge in [0.25, 0.3) is 0 Å². The first kappa shape index (κ1) is 15.0. The second-order valence-electron chi connectivity index (χ2n) is 4.30. The van der Waals surface area contributed by atoms with Crippen LogP contribution in [0.15, 0.2) is 24.3 Å². The highest BCUT2D eigenvalue weighted by Crippen LogP contribution is 2.17. The van der Waals surface area contributed by atoms with E-state index in [4.69, 9.17) is 17.3 Å². The van der Waals surface area contributed by atoms with Crippen molar-refractivity contribution >= 4 is 17.5 Å². The van der Waals surface area contributed by atoms with Crippen molar-refractivity contribution in [3.8, 4) is 0 Å². The molecule has 0 aliphatic carbocycles. The van der Waals surface area contributed by atoms with Gasteiger partial charge in [0.2, 0.25) is 5.91 Å². The number of carbonyl (C=O) groups excluding carboxylic acids is 1. The molecule has 0 unspecified atom stereocenters. The fourth-order valence-corrected chi connectivity index (χ4v) is 1.95. The van der Waals surface area contributed by atoms with Crippen LogP contribution < -0.4 is 5.73 Å². The summed E-state index contributed by atoms with van der Waals surface area (Å²) >= 11 is 6.12. The monoisotopic (exact) mass is 268 g/mol. The SMILES string of the molecule is CCCCN(Cc1ccccc1Cl)C(=O)CCN. The second-order valence-corrected chi connectivity index (χ2v) is 4.71. The number of rotatable bonds is 7. The number of hydrogen-bond acceptors (Lipinski definition) is 2. The van der Waals surface area contributed by atoms with E-state index in [1.54, 1.807) is 0 Å². The molecule has 0 aromatic heterocycles. The van der Waals surface area contributed by atoms with E-state index in [0.29, 0.717) is 24.5 Å². The van der Waals surface area contributed by atoms with Gasteiger partial charge in [-0.2, -0.15) is 0 Å². The Morgan fingerprint density at radius 2 is 2.11 bits per heavy atom.